The molecule has 3 heterocycles. The van der Waals surface area contributed by atoms with Crippen molar-refractivity contribution in [1.82, 2.24) is 14.7 Å². The molecule has 3 rings (SSSR count). The first-order chi connectivity index (χ1) is 11.1. The number of alkyl halides is 2. The molecule has 0 saturated carbocycles. The van der Waals surface area contributed by atoms with E-state index in [9.17, 15) is 13.6 Å². The van der Waals surface area contributed by atoms with Gasteiger partial charge in [0, 0.05) is 19.2 Å². The minimum atomic E-state index is -2.86. The molecule has 0 N–H and O–H groups in total. The van der Waals surface area contributed by atoms with Crippen molar-refractivity contribution in [3.63, 3.8) is 0 Å². The van der Waals surface area contributed by atoms with E-state index >= 15 is 0 Å². The summed E-state index contributed by atoms with van der Waals surface area (Å²) in [4.78, 5) is 14.2. The van der Waals surface area contributed by atoms with Gasteiger partial charge in [-0.3, -0.25) is 4.79 Å². The van der Waals surface area contributed by atoms with Crippen LogP contribution in [-0.2, 0) is 11.2 Å². The van der Waals surface area contributed by atoms with Crippen molar-refractivity contribution >= 4 is 5.91 Å². The Morgan fingerprint density at radius 2 is 2.26 bits per heavy atom. The lowest BCUT2D eigenvalue weighted by Gasteiger charge is -2.34. The fraction of sp³-hybridized carbons (Fsp3) is 0.467. The summed E-state index contributed by atoms with van der Waals surface area (Å²) in [6, 6.07) is 4.50. The maximum Gasteiger partial charge on any atom is 0.333 e. The molecule has 0 radical (unpaired) electrons. The summed E-state index contributed by atoms with van der Waals surface area (Å²) in [5.74, 6) is 0.888. The molecule has 0 aromatic carbocycles. The first-order valence-electron chi connectivity index (χ1n) is 7.40. The predicted octanol–water partition coefficient (Wildman–Crippen LogP) is 2.65. The van der Waals surface area contributed by atoms with E-state index in [0.29, 0.717) is 23.6 Å². The lowest BCUT2D eigenvalue weighted by atomic mass is 10.1. The van der Waals surface area contributed by atoms with Crippen LogP contribution in [0, 0.1) is 0 Å². The van der Waals surface area contributed by atoms with Gasteiger partial charge in [0.25, 0.3) is 5.91 Å². The number of hydrogen-bond donors (Lipinski definition) is 0. The van der Waals surface area contributed by atoms with E-state index in [-0.39, 0.29) is 12.3 Å². The number of furan rings is 1. The second-order valence-electron chi connectivity index (χ2n) is 5.19. The van der Waals surface area contributed by atoms with Crippen LogP contribution < -0.4 is 0 Å². The molecule has 124 valence electrons. The van der Waals surface area contributed by atoms with Crippen molar-refractivity contribution in [2.24, 2.45) is 0 Å². The molecule has 1 amide bonds. The van der Waals surface area contributed by atoms with Gasteiger partial charge >= 0.3 is 6.55 Å². The summed E-state index contributed by atoms with van der Waals surface area (Å²) in [7, 11) is 0. The van der Waals surface area contributed by atoms with E-state index in [4.69, 9.17) is 9.15 Å². The Kier molecular flexibility index (Phi) is 4.42. The largest absolute Gasteiger partial charge is 0.464 e. The number of aryl methyl sites for hydroxylation is 1. The Labute approximate surface area is 131 Å². The van der Waals surface area contributed by atoms with Crippen molar-refractivity contribution in [3.8, 4) is 0 Å². The van der Waals surface area contributed by atoms with Crippen molar-refractivity contribution in [3.05, 3.63) is 41.6 Å². The molecule has 1 fully saturated rings. The van der Waals surface area contributed by atoms with Gasteiger partial charge in [0.15, 0.2) is 0 Å². The molecular weight excluding hydrogens is 308 g/mol. The SMILES string of the molecule is CCc1ccc(C2COCCN2C(=O)c2ccnn2C(F)F)o1. The van der Waals surface area contributed by atoms with Crippen LogP contribution in [0.25, 0.3) is 0 Å². The quantitative estimate of drug-likeness (QED) is 0.867. The third-order valence-electron chi connectivity index (χ3n) is 3.82. The highest BCUT2D eigenvalue weighted by atomic mass is 19.3. The molecule has 23 heavy (non-hydrogen) atoms. The van der Waals surface area contributed by atoms with Gasteiger partial charge in [-0.2, -0.15) is 18.6 Å². The maximum atomic E-state index is 12.9. The van der Waals surface area contributed by atoms with Gasteiger partial charge in [0.2, 0.25) is 0 Å². The van der Waals surface area contributed by atoms with Gasteiger partial charge in [-0.25, -0.2) is 0 Å². The molecule has 2 aromatic heterocycles. The summed E-state index contributed by atoms with van der Waals surface area (Å²) in [5, 5.41) is 3.51. The number of carbonyl (C=O) groups excluding carboxylic acids is 1. The van der Waals surface area contributed by atoms with E-state index in [1.165, 1.54) is 17.2 Å². The summed E-state index contributed by atoms with van der Waals surface area (Å²) >= 11 is 0. The fourth-order valence-corrected chi connectivity index (χ4v) is 2.63. The molecule has 8 heteroatoms. The summed E-state index contributed by atoms with van der Waals surface area (Å²) in [6.07, 6.45) is 1.93. The number of amides is 1. The smallest absolute Gasteiger partial charge is 0.333 e. The highest BCUT2D eigenvalue weighted by Gasteiger charge is 2.33. The van der Waals surface area contributed by atoms with Crippen LogP contribution in [0.15, 0.2) is 28.8 Å². The van der Waals surface area contributed by atoms with Gasteiger partial charge in [-0.1, -0.05) is 6.92 Å². The number of hydrogen-bond acceptors (Lipinski definition) is 4. The fourth-order valence-electron chi connectivity index (χ4n) is 2.63. The zero-order valence-corrected chi connectivity index (χ0v) is 12.6. The number of aromatic nitrogens is 2. The molecule has 1 unspecified atom stereocenters. The molecule has 1 atom stereocenters. The monoisotopic (exact) mass is 325 g/mol. The first kappa shape index (κ1) is 15.7. The highest BCUT2D eigenvalue weighted by Crippen LogP contribution is 2.28. The molecule has 1 aliphatic heterocycles. The lowest BCUT2D eigenvalue weighted by molar-refractivity contribution is -0.0115. The molecule has 2 aromatic rings. The number of rotatable bonds is 4. The van der Waals surface area contributed by atoms with Gasteiger partial charge < -0.3 is 14.1 Å². The van der Waals surface area contributed by atoms with E-state index in [1.54, 1.807) is 6.07 Å². The highest BCUT2D eigenvalue weighted by molar-refractivity contribution is 5.92. The molecule has 1 aliphatic rings. The minimum absolute atomic E-state index is 0.144. The summed E-state index contributed by atoms with van der Waals surface area (Å²) in [5.41, 5.74) is -0.144. The number of carbonyl (C=O) groups is 1. The third kappa shape index (κ3) is 2.98. The van der Waals surface area contributed by atoms with Gasteiger partial charge in [0.1, 0.15) is 23.3 Å². The maximum absolute atomic E-state index is 12.9. The average Bonchev–Trinajstić information content (AvgIpc) is 3.23. The minimum Gasteiger partial charge on any atom is -0.464 e. The van der Waals surface area contributed by atoms with Crippen LogP contribution in [0.2, 0.25) is 0 Å². The Bertz CT molecular complexity index is 683. The van der Waals surface area contributed by atoms with Crippen LogP contribution in [-0.4, -0.2) is 40.3 Å². The van der Waals surface area contributed by atoms with E-state index < -0.39 is 18.5 Å². The number of nitrogens with zero attached hydrogens (tertiary/aromatic N) is 3. The van der Waals surface area contributed by atoms with Crippen LogP contribution in [0.5, 0.6) is 0 Å². The van der Waals surface area contributed by atoms with E-state index in [2.05, 4.69) is 5.10 Å². The second-order valence-corrected chi connectivity index (χ2v) is 5.19. The number of halogens is 2. The summed E-state index contributed by atoms with van der Waals surface area (Å²) < 4.78 is 37.4. The van der Waals surface area contributed by atoms with Crippen molar-refractivity contribution in [2.45, 2.75) is 25.9 Å². The molecular formula is C15H17F2N3O3. The van der Waals surface area contributed by atoms with Gasteiger partial charge in [-0.15, -0.1) is 0 Å². The molecule has 0 bridgehead atoms. The van der Waals surface area contributed by atoms with E-state index in [0.717, 1.165) is 12.2 Å². The Morgan fingerprint density at radius 1 is 1.43 bits per heavy atom. The van der Waals surface area contributed by atoms with Gasteiger partial charge in [0.05, 0.1) is 13.2 Å². The summed E-state index contributed by atoms with van der Waals surface area (Å²) in [6.45, 7) is 0.0284. The molecule has 0 spiro atoms. The topological polar surface area (TPSA) is 60.5 Å². The molecule has 0 aliphatic carbocycles. The predicted molar refractivity (Wildman–Crippen MR) is 76.2 cm³/mol. The first-order valence-corrected chi connectivity index (χ1v) is 7.40. The van der Waals surface area contributed by atoms with Gasteiger partial charge in [-0.05, 0) is 18.2 Å². The molecule has 6 nitrogen and oxygen atoms in total. The molecule has 1 saturated heterocycles. The van der Waals surface area contributed by atoms with Crippen LogP contribution in [0.3, 0.4) is 0 Å². The Hall–Kier alpha value is -2.22. The second kappa shape index (κ2) is 6.49. The normalized spacial score (nSPS) is 18.6. The van der Waals surface area contributed by atoms with Crippen molar-refractivity contribution in [1.29, 1.82) is 0 Å². The third-order valence-corrected chi connectivity index (χ3v) is 3.82. The van der Waals surface area contributed by atoms with Crippen LogP contribution in [0.4, 0.5) is 8.78 Å². The number of morpholine rings is 1. The van der Waals surface area contributed by atoms with Crippen LogP contribution in [0.1, 0.15) is 41.5 Å². The zero-order valence-electron chi connectivity index (χ0n) is 12.6. The number of ether oxygens (including phenoxy) is 1. The van der Waals surface area contributed by atoms with E-state index in [1.807, 2.05) is 13.0 Å². The van der Waals surface area contributed by atoms with Crippen LogP contribution >= 0.6 is 0 Å². The Balaban J connectivity index is 1.88. The zero-order chi connectivity index (χ0) is 16.4. The standard InChI is InChI=1S/C15H17F2N3O3/c1-2-10-3-4-13(23-10)12-9-22-8-7-19(12)14(21)11-5-6-18-20(11)15(16)17/h3-6,12,15H,2,7-9H2,1H3. The van der Waals surface area contributed by atoms with Crippen molar-refractivity contribution in [2.75, 3.05) is 19.8 Å². The Morgan fingerprint density at radius 3 is 2.96 bits per heavy atom. The van der Waals surface area contributed by atoms with Crippen molar-refractivity contribution < 1.29 is 22.7 Å². The average molecular weight is 325 g/mol. The lowest BCUT2D eigenvalue weighted by Crippen LogP contribution is -2.44.